The molecule has 19 heavy (non-hydrogen) atoms. The van der Waals surface area contributed by atoms with Crippen molar-refractivity contribution in [2.75, 3.05) is 32.4 Å². The first kappa shape index (κ1) is 14.3. The van der Waals surface area contributed by atoms with E-state index < -0.39 is 0 Å². The summed E-state index contributed by atoms with van der Waals surface area (Å²) in [5.74, 6) is 0.567. The molecule has 0 radical (unpaired) electrons. The first-order chi connectivity index (χ1) is 9.06. The molecule has 3 N–H and O–H groups in total. The van der Waals surface area contributed by atoms with Gasteiger partial charge in [0.1, 0.15) is 0 Å². The molecule has 1 heterocycles. The second-order valence-corrected chi connectivity index (χ2v) is 6.05. The van der Waals surface area contributed by atoms with Crippen molar-refractivity contribution >= 4 is 27.5 Å². The zero-order chi connectivity index (χ0) is 13.8. The molecule has 0 unspecified atom stereocenters. The van der Waals surface area contributed by atoms with Crippen molar-refractivity contribution in [1.82, 2.24) is 10.2 Å². The van der Waals surface area contributed by atoms with Gasteiger partial charge in [-0.25, -0.2) is 0 Å². The Labute approximate surface area is 122 Å². The smallest absolute Gasteiger partial charge is 0.251 e. The highest BCUT2D eigenvalue weighted by molar-refractivity contribution is 9.10. The number of benzene rings is 1. The van der Waals surface area contributed by atoms with E-state index in [1.54, 1.807) is 18.2 Å². The van der Waals surface area contributed by atoms with Crippen LogP contribution in [0.1, 0.15) is 23.2 Å². The summed E-state index contributed by atoms with van der Waals surface area (Å²) in [7, 11) is 2.14. The minimum atomic E-state index is -0.0281. The number of carbonyl (C=O) groups excluding carboxylic acids is 1. The van der Waals surface area contributed by atoms with Crippen LogP contribution in [0.5, 0.6) is 0 Å². The Balaban J connectivity index is 1.85. The van der Waals surface area contributed by atoms with E-state index in [1.165, 1.54) is 0 Å². The van der Waals surface area contributed by atoms with Crippen LogP contribution in [-0.2, 0) is 0 Å². The van der Waals surface area contributed by atoms with Crippen molar-refractivity contribution in [3.05, 3.63) is 28.2 Å². The van der Waals surface area contributed by atoms with Gasteiger partial charge in [0.05, 0.1) is 0 Å². The van der Waals surface area contributed by atoms with E-state index in [1.807, 2.05) is 0 Å². The molecule has 0 atom stereocenters. The molecular weight excluding hydrogens is 306 g/mol. The zero-order valence-electron chi connectivity index (χ0n) is 11.2. The summed E-state index contributed by atoms with van der Waals surface area (Å²) in [6, 6.07) is 5.26. The fourth-order valence-corrected chi connectivity index (χ4v) is 2.65. The third-order valence-corrected chi connectivity index (χ3v) is 4.34. The maximum atomic E-state index is 12.0. The van der Waals surface area contributed by atoms with Crippen molar-refractivity contribution in [1.29, 1.82) is 0 Å². The van der Waals surface area contributed by atoms with Gasteiger partial charge in [0, 0.05) is 22.3 Å². The van der Waals surface area contributed by atoms with Gasteiger partial charge in [-0.3, -0.25) is 4.79 Å². The number of nitrogens with two attached hydrogens (primary N) is 1. The van der Waals surface area contributed by atoms with Crippen molar-refractivity contribution in [3.63, 3.8) is 0 Å². The first-order valence-corrected chi connectivity index (χ1v) is 7.37. The van der Waals surface area contributed by atoms with Gasteiger partial charge < -0.3 is 16.0 Å². The van der Waals surface area contributed by atoms with Crippen molar-refractivity contribution < 1.29 is 4.79 Å². The molecule has 1 aliphatic rings. The highest BCUT2D eigenvalue weighted by atomic mass is 79.9. The fourth-order valence-electron chi connectivity index (χ4n) is 2.27. The fraction of sp³-hybridized carbons (Fsp3) is 0.500. The van der Waals surface area contributed by atoms with Gasteiger partial charge in [0.25, 0.3) is 5.91 Å². The first-order valence-electron chi connectivity index (χ1n) is 6.58. The van der Waals surface area contributed by atoms with Crippen LogP contribution in [0.25, 0.3) is 0 Å². The van der Waals surface area contributed by atoms with Gasteiger partial charge in [-0.05, 0) is 73.0 Å². The third kappa shape index (κ3) is 3.94. The SMILES string of the molecule is CN1CCC(CNC(=O)c2ccc(N)c(Br)c2)CC1. The molecule has 0 spiro atoms. The number of hydrogen-bond donors (Lipinski definition) is 2. The number of amides is 1. The Bertz CT molecular complexity index is 456. The molecule has 0 aromatic heterocycles. The van der Waals surface area contributed by atoms with E-state index in [0.717, 1.165) is 36.9 Å². The number of piperidine rings is 1. The van der Waals surface area contributed by atoms with Crippen molar-refractivity contribution in [2.24, 2.45) is 5.92 Å². The van der Waals surface area contributed by atoms with Crippen LogP contribution in [0.15, 0.2) is 22.7 Å². The Kier molecular flexibility index (Phi) is 4.82. The summed E-state index contributed by atoms with van der Waals surface area (Å²) in [4.78, 5) is 14.4. The largest absolute Gasteiger partial charge is 0.398 e. The van der Waals surface area contributed by atoms with Gasteiger partial charge >= 0.3 is 0 Å². The van der Waals surface area contributed by atoms with E-state index in [-0.39, 0.29) is 5.91 Å². The van der Waals surface area contributed by atoms with E-state index in [0.29, 0.717) is 17.2 Å². The lowest BCUT2D eigenvalue weighted by Crippen LogP contribution is -2.36. The van der Waals surface area contributed by atoms with Gasteiger partial charge in [0.2, 0.25) is 0 Å². The highest BCUT2D eigenvalue weighted by Crippen LogP contribution is 2.20. The number of likely N-dealkylation sites (tertiary alicyclic amines) is 1. The second-order valence-electron chi connectivity index (χ2n) is 5.19. The molecule has 0 aliphatic carbocycles. The number of nitrogen functional groups attached to an aromatic ring is 1. The number of hydrogen-bond acceptors (Lipinski definition) is 3. The van der Waals surface area contributed by atoms with E-state index in [9.17, 15) is 4.79 Å². The molecule has 0 bridgehead atoms. The predicted octanol–water partition coefficient (Wildman–Crippen LogP) is 2.10. The molecule has 1 aromatic rings. The lowest BCUT2D eigenvalue weighted by Gasteiger charge is -2.28. The van der Waals surface area contributed by atoms with Crippen LogP contribution in [0.2, 0.25) is 0 Å². The van der Waals surface area contributed by atoms with E-state index in [4.69, 9.17) is 5.73 Å². The van der Waals surface area contributed by atoms with Gasteiger partial charge in [-0.1, -0.05) is 0 Å². The molecule has 1 amide bonds. The minimum Gasteiger partial charge on any atom is -0.398 e. The van der Waals surface area contributed by atoms with E-state index in [2.05, 4.69) is 33.2 Å². The molecular formula is C14H20BrN3O. The number of rotatable bonds is 3. The van der Waals surface area contributed by atoms with Crippen LogP contribution >= 0.6 is 15.9 Å². The number of anilines is 1. The minimum absolute atomic E-state index is 0.0281. The molecule has 1 aromatic carbocycles. The molecule has 2 rings (SSSR count). The number of nitrogens with one attached hydrogen (secondary N) is 1. The molecule has 0 saturated carbocycles. The lowest BCUT2D eigenvalue weighted by atomic mass is 9.97. The summed E-state index contributed by atoms with van der Waals surface area (Å²) < 4.78 is 0.763. The highest BCUT2D eigenvalue weighted by Gasteiger charge is 2.17. The topological polar surface area (TPSA) is 58.4 Å². The van der Waals surface area contributed by atoms with Crippen molar-refractivity contribution in [3.8, 4) is 0 Å². The number of carbonyl (C=O) groups is 1. The molecule has 1 saturated heterocycles. The lowest BCUT2D eigenvalue weighted by molar-refractivity contribution is 0.0939. The number of nitrogens with zero attached hydrogens (tertiary/aromatic N) is 1. The summed E-state index contributed by atoms with van der Waals surface area (Å²) in [6.45, 7) is 3.00. The van der Waals surface area contributed by atoms with Gasteiger partial charge in [-0.2, -0.15) is 0 Å². The van der Waals surface area contributed by atoms with Crippen LogP contribution in [0.3, 0.4) is 0 Å². The standard InChI is InChI=1S/C14H20BrN3O/c1-18-6-4-10(5-7-18)9-17-14(19)11-2-3-13(16)12(15)8-11/h2-3,8,10H,4-7,9,16H2,1H3,(H,17,19). The third-order valence-electron chi connectivity index (χ3n) is 3.65. The average Bonchev–Trinajstić information content (AvgIpc) is 2.41. The quantitative estimate of drug-likeness (QED) is 0.837. The molecule has 104 valence electrons. The van der Waals surface area contributed by atoms with Crippen LogP contribution in [-0.4, -0.2) is 37.5 Å². The van der Waals surface area contributed by atoms with Crippen molar-refractivity contribution in [2.45, 2.75) is 12.8 Å². The molecule has 5 heteroatoms. The Morgan fingerprint density at radius 3 is 2.79 bits per heavy atom. The maximum Gasteiger partial charge on any atom is 0.251 e. The summed E-state index contributed by atoms with van der Waals surface area (Å²) in [6.07, 6.45) is 2.31. The Morgan fingerprint density at radius 1 is 1.47 bits per heavy atom. The van der Waals surface area contributed by atoms with Gasteiger partial charge in [0.15, 0.2) is 0 Å². The maximum absolute atomic E-state index is 12.0. The average molecular weight is 326 g/mol. The van der Waals surface area contributed by atoms with Gasteiger partial charge in [-0.15, -0.1) is 0 Å². The normalized spacial score (nSPS) is 17.4. The predicted molar refractivity (Wildman–Crippen MR) is 81.1 cm³/mol. The van der Waals surface area contributed by atoms with Crippen LogP contribution in [0.4, 0.5) is 5.69 Å². The van der Waals surface area contributed by atoms with Crippen LogP contribution in [0, 0.1) is 5.92 Å². The Hall–Kier alpha value is -1.07. The molecule has 1 aliphatic heterocycles. The molecule has 1 fully saturated rings. The Morgan fingerprint density at radius 2 is 2.16 bits per heavy atom. The summed E-state index contributed by atoms with van der Waals surface area (Å²) in [5, 5.41) is 3.01. The number of halogens is 1. The zero-order valence-corrected chi connectivity index (χ0v) is 12.7. The monoisotopic (exact) mass is 325 g/mol. The summed E-state index contributed by atoms with van der Waals surface area (Å²) in [5.41, 5.74) is 7.00. The molecule has 4 nitrogen and oxygen atoms in total. The second kappa shape index (κ2) is 6.39. The summed E-state index contributed by atoms with van der Waals surface area (Å²) >= 11 is 3.34. The van der Waals surface area contributed by atoms with Crippen LogP contribution < -0.4 is 11.1 Å². The van der Waals surface area contributed by atoms with E-state index >= 15 is 0 Å².